The molecule has 0 amide bonds. The van der Waals surface area contributed by atoms with Crippen LogP contribution >= 0.6 is 0 Å². The van der Waals surface area contributed by atoms with Crippen molar-refractivity contribution in [1.29, 1.82) is 0 Å². The molecule has 0 spiro atoms. The summed E-state index contributed by atoms with van der Waals surface area (Å²) in [6.45, 7) is 0. The number of nitrogens with zero attached hydrogens (tertiary/aromatic N) is 2. The molecule has 3 aliphatic rings. The van der Waals surface area contributed by atoms with Crippen molar-refractivity contribution in [3.05, 3.63) is 191 Å². The Balaban J connectivity index is 1.07. The number of aromatic nitrogens is 1. The van der Waals surface area contributed by atoms with Crippen molar-refractivity contribution >= 4 is 44.2 Å². The van der Waals surface area contributed by atoms with Gasteiger partial charge in [0.25, 0.3) is 0 Å². The summed E-state index contributed by atoms with van der Waals surface area (Å²) in [7, 11) is 0. The third kappa shape index (κ3) is 3.83. The van der Waals surface area contributed by atoms with Crippen molar-refractivity contribution in [2.45, 2.75) is 24.7 Å². The molecule has 3 heterocycles. The van der Waals surface area contributed by atoms with Gasteiger partial charge in [0, 0.05) is 51.4 Å². The van der Waals surface area contributed by atoms with E-state index in [9.17, 15) is 0 Å². The number of aliphatic imine (C=N–C) groups is 1. The molecule has 9 aromatic rings. The maximum Gasteiger partial charge on any atom is 0.138 e. The molecule has 2 atom stereocenters. The van der Waals surface area contributed by atoms with Crippen LogP contribution in [0.2, 0.25) is 0 Å². The monoisotopic (exact) mass is 664 g/mol. The molecule has 244 valence electrons. The molecule has 2 unspecified atom stereocenters. The first-order valence-corrected chi connectivity index (χ1v) is 18.3. The van der Waals surface area contributed by atoms with E-state index >= 15 is 0 Å². The Morgan fingerprint density at radius 2 is 1.31 bits per heavy atom. The molecule has 7 aromatic carbocycles. The topological polar surface area (TPSA) is 30.4 Å². The summed E-state index contributed by atoms with van der Waals surface area (Å²) in [5.74, 6) is 1.42. The van der Waals surface area contributed by atoms with Crippen molar-refractivity contribution in [2.75, 3.05) is 0 Å². The van der Waals surface area contributed by atoms with Crippen molar-refractivity contribution in [3.8, 4) is 27.9 Å². The second-order valence-corrected chi connectivity index (χ2v) is 14.5. The summed E-state index contributed by atoms with van der Waals surface area (Å²) in [6, 6.07) is 57.7. The van der Waals surface area contributed by atoms with Gasteiger partial charge < -0.3 is 8.98 Å². The Kier molecular flexibility index (Phi) is 5.73. The van der Waals surface area contributed by atoms with Gasteiger partial charge in [-0.15, -0.1) is 0 Å². The maximum absolute atomic E-state index is 6.49. The number of para-hydroxylation sites is 2. The summed E-state index contributed by atoms with van der Waals surface area (Å²) >= 11 is 0. The van der Waals surface area contributed by atoms with Crippen LogP contribution in [0.3, 0.4) is 0 Å². The van der Waals surface area contributed by atoms with Crippen LogP contribution in [0.5, 0.6) is 0 Å². The van der Waals surface area contributed by atoms with Gasteiger partial charge >= 0.3 is 0 Å². The lowest BCUT2D eigenvalue weighted by molar-refractivity contribution is 0.522. The molecule has 2 aliphatic carbocycles. The van der Waals surface area contributed by atoms with E-state index in [-0.39, 0.29) is 5.92 Å². The fourth-order valence-electron chi connectivity index (χ4n) is 9.65. The Morgan fingerprint density at radius 3 is 2.19 bits per heavy atom. The summed E-state index contributed by atoms with van der Waals surface area (Å²) in [4.78, 5) is 5.32. The molecule has 0 saturated carbocycles. The first kappa shape index (κ1) is 28.3. The third-order valence-electron chi connectivity index (χ3n) is 11.9. The van der Waals surface area contributed by atoms with E-state index in [1.807, 2.05) is 12.1 Å². The second-order valence-electron chi connectivity index (χ2n) is 14.5. The first-order chi connectivity index (χ1) is 25.8. The smallest absolute Gasteiger partial charge is 0.138 e. The fourth-order valence-corrected chi connectivity index (χ4v) is 9.65. The summed E-state index contributed by atoms with van der Waals surface area (Å²) in [5, 5.41) is 3.66. The highest BCUT2D eigenvalue weighted by molar-refractivity contribution is 6.18. The van der Waals surface area contributed by atoms with Gasteiger partial charge in [-0.25, -0.2) is 4.99 Å². The Labute approximate surface area is 301 Å². The molecule has 0 radical (unpaired) electrons. The number of furan rings is 1. The Hall–Kier alpha value is -6.45. The van der Waals surface area contributed by atoms with E-state index in [1.54, 1.807) is 0 Å². The highest BCUT2D eigenvalue weighted by Gasteiger charge is 2.38. The van der Waals surface area contributed by atoms with Crippen LogP contribution in [0.25, 0.3) is 60.7 Å². The van der Waals surface area contributed by atoms with Gasteiger partial charge in [0.15, 0.2) is 0 Å². The molecule has 3 nitrogen and oxygen atoms in total. The molecule has 0 fully saturated rings. The Morgan fingerprint density at radius 1 is 0.577 bits per heavy atom. The lowest BCUT2D eigenvalue weighted by Gasteiger charge is -2.27. The lowest BCUT2D eigenvalue weighted by Crippen LogP contribution is -2.13. The van der Waals surface area contributed by atoms with Crippen LogP contribution in [0.15, 0.2) is 167 Å². The van der Waals surface area contributed by atoms with Crippen LogP contribution in [0.4, 0.5) is 5.69 Å². The van der Waals surface area contributed by atoms with Gasteiger partial charge in [-0.2, -0.15) is 0 Å². The lowest BCUT2D eigenvalue weighted by atomic mass is 9.77. The zero-order valence-corrected chi connectivity index (χ0v) is 28.4. The van der Waals surface area contributed by atoms with E-state index in [0.29, 0.717) is 5.92 Å². The number of fused-ring (bicyclic) bond motifs is 12. The van der Waals surface area contributed by atoms with E-state index in [0.717, 1.165) is 52.2 Å². The van der Waals surface area contributed by atoms with E-state index in [2.05, 4.69) is 150 Å². The summed E-state index contributed by atoms with van der Waals surface area (Å²) < 4.78 is 9.01. The molecular formula is C49H32N2O. The quantitative estimate of drug-likeness (QED) is 0.185. The van der Waals surface area contributed by atoms with Gasteiger partial charge in [0.2, 0.25) is 0 Å². The zero-order valence-electron chi connectivity index (χ0n) is 28.4. The highest BCUT2D eigenvalue weighted by Crippen LogP contribution is 2.57. The molecule has 12 rings (SSSR count). The van der Waals surface area contributed by atoms with E-state index in [4.69, 9.17) is 9.41 Å². The molecule has 0 bridgehead atoms. The summed E-state index contributed by atoms with van der Waals surface area (Å²) in [6.07, 6.45) is 1.81. The van der Waals surface area contributed by atoms with Gasteiger partial charge in [-0.1, -0.05) is 121 Å². The Bertz CT molecular complexity index is 2960. The highest BCUT2D eigenvalue weighted by atomic mass is 16.3. The van der Waals surface area contributed by atoms with Gasteiger partial charge in [0.1, 0.15) is 17.0 Å². The molecular weight excluding hydrogens is 633 g/mol. The van der Waals surface area contributed by atoms with Crippen LogP contribution in [-0.2, 0) is 6.42 Å². The predicted molar refractivity (Wildman–Crippen MR) is 213 cm³/mol. The zero-order chi connectivity index (χ0) is 33.9. The first-order valence-electron chi connectivity index (χ1n) is 18.3. The molecule has 2 aromatic heterocycles. The van der Waals surface area contributed by atoms with Crippen molar-refractivity contribution < 1.29 is 4.42 Å². The minimum absolute atomic E-state index is 0.0976. The standard InChI is InChI=1S/C49H32N2O/c1-2-12-29(13-3-1)38-28-42(50-47-37-19-9-11-21-44(37)52-49(38)47)30-22-24-32(25-23-30)51-43-20-10-8-18-36(43)41-27-40-35-17-7-6-16-34(35)39-26-31-14-4-5-15-33(31)46(45(39)40)48(41)51/h1-25,27,38-39H,26,28H2. The van der Waals surface area contributed by atoms with E-state index < -0.39 is 0 Å². The average Bonchev–Trinajstić information content (AvgIpc) is 3.86. The molecule has 3 heteroatoms. The van der Waals surface area contributed by atoms with Crippen molar-refractivity contribution in [1.82, 2.24) is 4.57 Å². The molecule has 0 N–H and O–H groups in total. The fraction of sp³-hybridized carbons (Fsp3) is 0.0816. The molecule has 52 heavy (non-hydrogen) atoms. The molecule has 0 saturated heterocycles. The van der Waals surface area contributed by atoms with Crippen LogP contribution < -0.4 is 0 Å². The van der Waals surface area contributed by atoms with E-state index in [1.165, 1.54) is 66.3 Å². The minimum Gasteiger partial charge on any atom is -0.458 e. The number of rotatable bonds is 3. The number of benzene rings is 7. The minimum atomic E-state index is 0.0976. The normalized spacial score (nSPS) is 16.8. The van der Waals surface area contributed by atoms with Gasteiger partial charge in [-0.05, 0) is 87.3 Å². The maximum atomic E-state index is 6.49. The number of hydrogen-bond donors (Lipinski definition) is 0. The average molecular weight is 665 g/mol. The third-order valence-corrected chi connectivity index (χ3v) is 11.9. The molecule has 1 aliphatic heterocycles. The summed E-state index contributed by atoms with van der Waals surface area (Å²) in [5.41, 5.74) is 18.9. The van der Waals surface area contributed by atoms with Crippen molar-refractivity contribution in [3.63, 3.8) is 0 Å². The van der Waals surface area contributed by atoms with Crippen molar-refractivity contribution in [2.24, 2.45) is 4.99 Å². The largest absolute Gasteiger partial charge is 0.458 e. The van der Waals surface area contributed by atoms with Crippen LogP contribution in [-0.4, -0.2) is 10.3 Å². The van der Waals surface area contributed by atoms with Crippen LogP contribution in [0.1, 0.15) is 51.8 Å². The second kappa shape index (κ2) is 10.5. The predicted octanol–water partition coefficient (Wildman–Crippen LogP) is 12.5. The van der Waals surface area contributed by atoms with Crippen LogP contribution in [0, 0.1) is 0 Å². The SMILES string of the molecule is c1ccc(C2CC(c3ccc(-n4c5ccccc5c5cc6c7c(c54)-c4ccccc4CC7c4ccccc4-6)cc3)=Nc3c2oc2ccccc32)cc1. The van der Waals surface area contributed by atoms with Gasteiger partial charge in [-0.3, -0.25) is 0 Å². The van der Waals surface area contributed by atoms with Gasteiger partial charge in [0.05, 0.1) is 11.0 Å². The number of hydrogen-bond acceptors (Lipinski definition) is 2.